The quantitative estimate of drug-likeness (QED) is 0.667. The van der Waals surface area contributed by atoms with Crippen molar-refractivity contribution < 1.29 is 0 Å². The highest BCUT2D eigenvalue weighted by Gasteiger charge is 2.09. The van der Waals surface area contributed by atoms with Crippen LogP contribution in [0, 0.1) is 3.57 Å². The molecule has 1 N–H and O–H groups in total. The minimum atomic E-state index is -0.0162. The van der Waals surface area contributed by atoms with Gasteiger partial charge in [-0.3, -0.25) is 9.36 Å². The summed E-state index contributed by atoms with van der Waals surface area (Å²) in [6.45, 7) is 11.5. The summed E-state index contributed by atoms with van der Waals surface area (Å²) < 4.78 is 2.20. The van der Waals surface area contributed by atoms with Crippen molar-refractivity contribution in [1.82, 2.24) is 14.9 Å². The van der Waals surface area contributed by atoms with E-state index in [1.54, 1.807) is 17.1 Å². The molecule has 1 heterocycles. The predicted molar refractivity (Wildman–Crippen MR) is 78.1 cm³/mol. The Bertz CT molecular complexity index is 460. The molecule has 0 aromatic carbocycles. The Hall–Kier alpha value is -0.690. The van der Waals surface area contributed by atoms with Crippen LogP contribution in [0.4, 0.5) is 0 Å². The molecular weight excluding hydrogens is 329 g/mol. The maximum atomic E-state index is 11.8. The van der Waals surface area contributed by atoms with Crippen molar-refractivity contribution in [2.24, 2.45) is 0 Å². The average Bonchev–Trinajstić information content (AvgIpc) is 2.21. The molecule has 0 spiro atoms. The van der Waals surface area contributed by atoms with Gasteiger partial charge in [-0.15, -0.1) is 0 Å². The van der Waals surface area contributed by atoms with Gasteiger partial charge in [-0.05, 0) is 48.9 Å². The molecule has 0 aliphatic heterocycles. The van der Waals surface area contributed by atoms with Gasteiger partial charge in [-0.1, -0.05) is 6.58 Å². The van der Waals surface area contributed by atoms with E-state index < -0.39 is 0 Å². The van der Waals surface area contributed by atoms with Crippen LogP contribution in [-0.2, 0) is 6.54 Å². The van der Waals surface area contributed by atoms with E-state index in [1.807, 2.05) is 22.6 Å². The van der Waals surface area contributed by atoms with Crippen LogP contribution in [-0.4, -0.2) is 21.6 Å². The van der Waals surface area contributed by atoms with Crippen molar-refractivity contribution in [1.29, 1.82) is 0 Å². The standard InChI is InChI=1S/C12H18IN3O/c1-9(5-15-12(2,3)4)7-16-8-14-6-10(13)11(16)17/h6,8,15H,1,5,7H2,2-4H3. The average molecular weight is 347 g/mol. The summed E-state index contributed by atoms with van der Waals surface area (Å²) in [5.74, 6) is 0. The topological polar surface area (TPSA) is 46.9 Å². The molecule has 0 aliphatic carbocycles. The van der Waals surface area contributed by atoms with Crippen LogP contribution in [0.2, 0.25) is 0 Å². The molecule has 1 aromatic heterocycles. The van der Waals surface area contributed by atoms with E-state index in [0.29, 0.717) is 16.7 Å². The monoisotopic (exact) mass is 347 g/mol. The van der Waals surface area contributed by atoms with E-state index in [-0.39, 0.29) is 11.1 Å². The van der Waals surface area contributed by atoms with E-state index in [1.165, 1.54) is 0 Å². The largest absolute Gasteiger partial charge is 0.308 e. The third-order valence-electron chi connectivity index (χ3n) is 2.12. The van der Waals surface area contributed by atoms with Crippen LogP contribution >= 0.6 is 22.6 Å². The zero-order valence-electron chi connectivity index (χ0n) is 10.5. The van der Waals surface area contributed by atoms with Crippen molar-refractivity contribution in [2.75, 3.05) is 6.54 Å². The molecule has 0 amide bonds. The first kappa shape index (κ1) is 14.4. The molecule has 0 saturated heterocycles. The minimum Gasteiger partial charge on any atom is -0.308 e. The predicted octanol–water partition coefficient (Wildman–Crippen LogP) is 1.79. The first-order valence-electron chi connectivity index (χ1n) is 5.41. The van der Waals surface area contributed by atoms with Gasteiger partial charge in [-0.2, -0.15) is 0 Å². The number of hydrogen-bond acceptors (Lipinski definition) is 3. The van der Waals surface area contributed by atoms with E-state index >= 15 is 0 Å². The summed E-state index contributed by atoms with van der Waals surface area (Å²) in [5, 5.41) is 3.34. The van der Waals surface area contributed by atoms with E-state index in [2.05, 4.69) is 37.7 Å². The molecule has 1 rings (SSSR count). The fourth-order valence-corrected chi connectivity index (χ4v) is 1.69. The smallest absolute Gasteiger partial charge is 0.267 e. The lowest BCUT2D eigenvalue weighted by Crippen LogP contribution is -2.37. The van der Waals surface area contributed by atoms with Gasteiger partial charge >= 0.3 is 0 Å². The Labute approximate surface area is 115 Å². The highest BCUT2D eigenvalue weighted by atomic mass is 127. The van der Waals surface area contributed by atoms with Crippen LogP contribution in [0.5, 0.6) is 0 Å². The van der Waals surface area contributed by atoms with E-state index in [9.17, 15) is 4.79 Å². The number of nitrogens with zero attached hydrogens (tertiary/aromatic N) is 2. The lowest BCUT2D eigenvalue weighted by Gasteiger charge is -2.21. The molecule has 0 bridgehead atoms. The second-order valence-corrected chi connectivity index (χ2v) is 6.19. The van der Waals surface area contributed by atoms with Crippen molar-refractivity contribution in [2.45, 2.75) is 32.9 Å². The molecule has 0 unspecified atom stereocenters. The summed E-state index contributed by atoms with van der Waals surface area (Å²) in [7, 11) is 0. The van der Waals surface area contributed by atoms with Gasteiger partial charge < -0.3 is 5.32 Å². The van der Waals surface area contributed by atoms with Crippen molar-refractivity contribution in [3.05, 3.63) is 38.6 Å². The first-order chi connectivity index (χ1) is 7.79. The lowest BCUT2D eigenvalue weighted by atomic mass is 10.1. The molecule has 0 radical (unpaired) electrons. The van der Waals surface area contributed by atoms with Gasteiger partial charge in [0, 0.05) is 24.8 Å². The zero-order valence-corrected chi connectivity index (χ0v) is 12.6. The zero-order chi connectivity index (χ0) is 13.1. The molecule has 5 heteroatoms. The minimum absolute atomic E-state index is 0.0162. The lowest BCUT2D eigenvalue weighted by molar-refractivity contribution is 0.439. The maximum absolute atomic E-state index is 11.8. The summed E-state index contributed by atoms with van der Waals surface area (Å²) in [6, 6.07) is 0. The van der Waals surface area contributed by atoms with Gasteiger partial charge in [0.15, 0.2) is 0 Å². The van der Waals surface area contributed by atoms with Crippen LogP contribution in [0.3, 0.4) is 0 Å². The third-order valence-corrected chi connectivity index (χ3v) is 2.86. The van der Waals surface area contributed by atoms with Crippen molar-refractivity contribution in [3.63, 3.8) is 0 Å². The highest BCUT2D eigenvalue weighted by molar-refractivity contribution is 14.1. The van der Waals surface area contributed by atoms with Gasteiger partial charge in [0.25, 0.3) is 5.56 Å². The third kappa shape index (κ3) is 4.99. The Morgan fingerprint density at radius 1 is 1.59 bits per heavy atom. The van der Waals surface area contributed by atoms with Gasteiger partial charge in [-0.25, -0.2) is 4.98 Å². The van der Waals surface area contributed by atoms with E-state index in [0.717, 1.165) is 5.57 Å². The van der Waals surface area contributed by atoms with Crippen LogP contribution in [0.15, 0.2) is 29.5 Å². The molecular formula is C12H18IN3O. The molecule has 94 valence electrons. The Morgan fingerprint density at radius 3 is 2.82 bits per heavy atom. The fourth-order valence-electron chi connectivity index (χ4n) is 1.22. The van der Waals surface area contributed by atoms with Crippen LogP contribution < -0.4 is 10.9 Å². The second kappa shape index (κ2) is 5.77. The Kier molecular flexibility index (Phi) is 4.88. The van der Waals surface area contributed by atoms with Crippen molar-refractivity contribution in [3.8, 4) is 0 Å². The number of hydrogen-bond donors (Lipinski definition) is 1. The summed E-state index contributed by atoms with van der Waals surface area (Å²) in [6.07, 6.45) is 3.11. The number of nitrogens with one attached hydrogen (secondary N) is 1. The molecule has 4 nitrogen and oxygen atoms in total. The number of halogens is 1. The molecule has 0 atom stereocenters. The number of aromatic nitrogens is 2. The Morgan fingerprint density at radius 2 is 2.24 bits per heavy atom. The normalized spacial score (nSPS) is 11.5. The van der Waals surface area contributed by atoms with Crippen LogP contribution in [0.25, 0.3) is 0 Å². The van der Waals surface area contributed by atoms with Gasteiger partial charge in [0.05, 0.1) is 9.90 Å². The van der Waals surface area contributed by atoms with Gasteiger partial charge in [0.1, 0.15) is 0 Å². The highest BCUT2D eigenvalue weighted by Crippen LogP contribution is 2.01. The van der Waals surface area contributed by atoms with E-state index in [4.69, 9.17) is 0 Å². The SMILES string of the molecule is C=C(CNC(C)(C)C)Cn1cncc(I)c1=O. The molecule has 17 heavy (non-hydrogen) atoms. The molecule has 1 aromatic rings. The van der Waals surface area contributed by atoms with Gasteiger partial charge in [0.2, 0.25) is 0 Å². The second-order valence-electron chi connectivity index (χ2n) is 5.03. The first-order valence-corrected chi connectivity index (χ1v) is 6.49. The molecule has 0 aliphatic rings. The summed E-state index contributed by atoms with van der Waals surface area (Å²) >= 11 is 1.99. The van der Waals surface area contributed by atoms with Crippen LogP contribution in [0.1, 0.15) is 20.8 Å². The molecule has 0 fully saturated rings. The Balaban J connectivity index is 2.63. The molecule has 0 saturated carbocycles. The van der Waals surface area contributed by atoms with Crippen molar-refractivity contribution >= 4 is 22.6 Å². The maximum Gasteiger partial charge on any atom is 0.267 e. The number of rotatable bonds is 4. The fraction of sp³-hybridized carbons (Fsp3) is 0.500. The summed E-state index contributed by atoms with van der Waals surface area (Å²) in [4.78, 5) is 15.8. The summed E-state index contributed by atoms with van der Waals surface area (Å²) in [5.41, 5.74) is 1.00.